The van der Waals surface area contributed by atoms with Crippen LogP contribution in [0.3, 0.4) is 0 Å². The molecule has 0 saturated heterocycles. The smallest absolute Gasteiger partial charge is 0.249 e. The first-order valence-electron chi connectivity index (χ1n) is 5.57. The minimum atomic E-state index is -1.35. The average molecular weight is 256 g/mol. The van der Waals surface area contributed by atoms with Crippen LogP contribution in [0.1, 0.15) is 28.4 Å². The summed E-state index contributed by atoms with van der Waals surface area (Å²) in [7, 11) is 1.70. The second-order valence-electron chi connectivity index (χ2n) is 4.00. The van der Waals surface area contributed by atoms with Crippen LogP contribution in [0.5, 0.6) is 0 Å². The van der Waals surface area contributed by atoms with Crippen molar-refractivity contribution in [3.05, 3.63) is 35.1 Å². The molecular weight excluding hydrogens is 239 g/mol. The van der Waals surface area contributed by atoms with Crippen LogP contribution in [0.25, 0.3) is 0 Å². The van der Waals surface area contributed by atoms with Crippen LogP contribution in [0.2, 0.25) is 0 Å². The van der Waals surface area contributed by atoms with E-state index in [0.29, 0.717) is 6.54 Å². The lowest BCUT2D eigenvalue weighted by atomic mass is 9.96. The molecular formula is C12H17FN2O3. The second-order valence-corrected chi connectivity index (χ2v) is 4.00. The number of carbonyl (C=O) groups excluding carboxylic acids is 1. The molecule has 0 spiro atoms. The van der Waals surface area contributed by atoms with Crippen molar-refractivity contribution in [2.24, 2.45) is 5.73 Å². The highest BCUT2D eigenvalue weighted by molar-refractivity contribution is 5.94. The van der Waals surface area contributed by atoms with E-state index in [4.69, 9.17) is 5.73 Å². The Hall–Kier alpha value is -1.50. The first kappa shape index (κ1) is 14.6. The Labute approximate surface area is 104 Å². The topological polar surface area (TPSA) is 95.6 Å². The molecule has 6 heteroatoms. The molecule has 0 saturated carbocycles. The normalized spacial score (nSPS) is 14.2. The Morgan fingerprint density at radius 3 is 2.72 bits per heavy atom. The van der Waals surface area contributed by atoms with Crippen molar-refractivity contribution in [2.45, 2.75) is 18.6 Å². The molecule has 5 nitrogen and oxygen atoms in total. The lowest BCUT2D eigenvalue weighted by Gasteiger charge is -2.20. The monoisotopic (exact) mass is 256 g/mol. The number of halogens is 1. The highest BCUT2D eigenvalue weighted by Gasteiger charge is 2.23. The molecule has 0 aliphatic carbocycles. The third kappa shape index (κ3) is 3.49. The van der Waals surface area contributed by atoms with Gasteiger partial charge in [-0.3, -0.25) is 4.79 Å². The van der Waals surface area contributed by atoms with Gasteiger partial charge in [0.15, 0.2) is 0 Å². The second kappa shape index (κ2) is 6.44. The number of aliphatic hydroxyl groups excluding tert-OH is 2. The molecule has 0 heterocycles. The number of carbonyl (C=O) groups is 1. The predicted molar refractivity (Wildman–Crippen MR) is 64.4 cm³/mol. The molecule has 0 aliphatic heterocycles. The maximum absolute atomic E-state index is 13.1. The maximum atomic E-state index is 13.1. The zero-order chi connectivity index (χ0) is 13.7. The fraction of sp³-hybridized carbons (Fsp3) is 0.417. The summed E-state index contributed by atoms with van der Waals surface area (Å²) in [6.45, 7) is 0.486. The largest absolute Gasteiger partial charge is 0.390 e. The first-order chi connectivity index (χ1) is 8.47. The average Bonchev–Trinajstić information content (AvgIpc) is 2.34. The van der Waals surface area contributed by atoms with Gasteiger partial charge in [0.2, 0.25) is 5.91 Å². The number of nitrogens with one attached hydrogen (secondary N) is 1. The Bertz CT molecular complexity index is 426. The van der Waals surface area contributed by atoms with E-state index in [-0.39, 0.29) is 17.5 Å². The molecule has 1 amide bonds. The number of hydrogen-bond donors (Lipinski definition) is 4. The van der Waals surface area contributed by atoms with E-state index in [0.717, 1.165) is 12.1 Å². The van der Waals surface area contributed by atoms with Gasteiger partial charge in [-0.05, 0) is 43.8 Å². The zero-order valence-corrected chi connectivity index (χ0v) is 10.1. The van der Waals surface area contributed by atoms with E-state index < -0.39 is 23.9 Å². The van der Waals surface area contributed by atoms with Crippen LogP contribution in [0, 0.1) is 5.82 Å². The van der Waals surface area contributed by atoms with Crippen molar-refractivity contribution >= 4 is 5.91 Å². The Balaban J connectivity index is 2.99. The number of nitrogens with two attached hydrogens (primary N) is 1. The van der Waals surface area contributed by atoms with Crippen LogP contribution < -0.4 is 11.1 Å². The summed E-state index contributed by atoms with van der Waals surface area (Å²) in [6.07, 6.45) is -2.18. The Morgan fingerprint density at radius 2 is 2.17 bits per heavy atom. The number of primary amides is 1. The summed E-state index contributed by atoms with van der Waals surface area (Å²) in [5, 5.41) is 22.5. The van der Waals surface area contributed by atoms with Crippen molar-refractivity contribution in [1.29, 1.82) is 0 Å². The molecule has 1 aromatic carbocycles. The van der Waals surface area contributed by atoms with Gasteiger partial charge in [0.25, 0.3) is 0 Å². The van der Waals surface area contributed by atoms with E-state index in [1.807, 2.05) is 0 Å². The molecule has 0 aliphatic rings. The van der Waals surface area contributed by atoms with E-state index in [1.165, 1.54) is 6.07 Å². The molecule has 0 fully saturated rings. The molecule has 100 valence electrons. The van der Waals surface area contributed by atoms with Gasteiger partial charge >= 0.3 is 0 Å². The maximum Gasteiger partial charge on any atom is 0.249 e. The number of benzene rings is 1. The van der Waals surface area contributed by atoms with Crippen LogP contribution in [-0.2, 0) is 0 Å². The van der Waals surface area contributed by atoms with Gasteiger partial charge in [-0.1, -0.05) is 0 Å². The standard InChI is InChI=1S/C12H17FN2O3/c1-15-5-4-10(16)11(17)9-6-7(13)2-3-8(9)12(14)18/h2-3,6,10-11,15-17H,4-5H2,1H3,(H2,14,18). The van der Waals surface area contributed by atoms with Gasteiger partial charge in [-0.2, -0.15) is 0 Å². The molecule has 1 aromatic rings. The molecule has 0 aromatic heterocycles. The highest BCUT2D eigenvalue weighted by Crippen LogP contribution is 2.23. The molecule has 0 radical (unpaired) electrons. The van der Waals surface area contributed by atoms with Crippen molar-refractivity contribution in [2.75, 3.05) is 13.6 Å². The van der Waals surface area contributed by atoms with E-state index in [1.54, 1.807) is 7.05 Å². The number of amides is 1. The number of aliphatic hydroxyl groups is 2. The fourth-order valence-electron chi connectivity index (χ4n) is 1.66. The summed E-state index contributed by atoms with van der Waals surface area (Å²) >= 11 is 0. The van der Waals surface area contributed by atoms with Gasteiger partial charge < -0.3 is 21.3 Å². The van der Waals surface area contributed by atoms with Gasteiger partial charge in [0, 0.05) is 5.56 Å². The van der Waals surface area contributed by atoms with Crippen LogP contribution in [-0.4, -0.2) is 35.8 Å². The molecule has 5 N–H and O–H groups in total. The van der Waals surface area contributed by atoms with E-state index in [9.17, 15) is 19.4 Å². The van der Waals surface area contributed by atoms with E-state index in [2.05, 4.69) is 5.32 Å². The predicted octanol–water partition coefficient (Wildman–Crippen LogP) is -0.0716. The van der Waals surface area contributed by atoms with Crippen molar-refractivity contribution < 1.29 is 19.4 Å². The minimum Gasteiger partial charge on any atom is -0.390 e. The van der Waals surface area contributed by atoms with Gasteiger partial charge in [-0.15, -0.1) is 0 Å². The Kier molecular flexibility index (Phi) is 5.21. The quantitative estimate of drug-likeness (QED) is 0.573. The van der Waals surface area contributed by atoms with Gasteiger partial charge in [0.05, 0.1) is 6.10 Å². The van der Waals surface area contributed by atoms with Crippen LogP contribution >= 0.6 is 0 Å². The molecule has 2 unspecified atom stereocenters. The van der Waals surface area contributed by atoms with Crippen LogP contribution in [0.4, 0.5) is 4.39 Å². The summed E-state index contributed by atoms with van der Waals surface area (Å²) in [5.41, 5.74) is 5.15. The van der Waals surface area contributed by atoms with Crippen molar-refractivity contribution in [3.63, 3.8) is 0 Å². The SMILES string of the molecule is CNCCC(O)C(O)c1cc(F)ccc1C(N)=O. The number of hydrogen-bond acceptors (Lipinski definition) is 4. The molecule has 18 heavy (non-hydrogen) atoms. The van der Waals surface area contributed by atoms with Crippen LogP contribution in [0.15, 0.2) is 18.2 Å². The summed E-state index contributed by atoms with van der Waals surface area (Å²) in [4.78, 5) is 11.2. The third-order valence-electron chi connectivity index (χ3n) is 2.65. The molecule has 0 bridgehead atoms. The zero-order valence-electron chi connectivity index (χ0n) is 10.1. The molecule has 1 rings (SSSR count). The summed E-state index contributed by atoms with van der Waals surface area (Å²) in [6, 6.07) is 3.28. The third-order valence-corrected chi connectivity index (χ3v) is 2.65. The minimum absolute atomic E-state index is 0.00565. The Morgan fingerprint density at radius 1 is 1.50 bits per heavy atom. The summed E-state index contributed by atoms with van der Waals surface area (Å²) in [5.74, 6) is -1.38. The lowest BCUT2D eigenvalue weighted by Crippen LogP contribution is -2.26. The van der Waals surface area contributed by atoms with E-state index >= 15 is 0 Å². The summed E-state index contributed by atoms with van der Waals surface area (Å²) < 4.78 is 13.1. The number of rotatable bonds is 6. The highest BCUT2D eigenvalue weighted by atomic mass is 19.1. The van der Waals surface area contributed by atoms with Crippen molar-refractivity contribution in [3.8, 4) is 0 Å². The van der Waals surface area contributed by atoms with Gasteiger partial charge in [-0.25, -0.2) is 4.39 Å². The molecule has 2 atom stereocenters. The van der Waals surface area contributed by atoms with Gasteiger partial charge in [0.1, 0.15) is 11.9 Å². The fourth-order valence-corrected chi connectivity index (χ4v) is 1.66. The van der Waals surface area contributed by atoms with Crippen molar-refractivity contribution in [1.82, 2.24) is 5.32 Å². The first-order valence-corrected chi connectivity index (χ1v) is 5.57. The lowest BCUT2D eigenvalue weighted by molar-refractivity contribution is 0.0134.